The molecule has 0 radical (unpaired) electrons. The number of hydrazone groups is 1. The molecule has 2 amide bonds. The first kappa shape index (κ1) is 20.6. The SMILES string of the molecule is O=C(CCC(=O)N1CCC(c2ccccc2)=N1)N(Cc1ccccc1)Cc1ccco1. The first-order chi connectivity index (χ1) is 15.2. The van der Waals surface area contributed by atoms with Gasteiger partial charge in [-0.3, -0.25) is 9.59 Å². The molecule has 158 valence electrons. The molecule has 1 aliphatic rings. The lowest BCUT2D eigenvalue weighted by molar-refractivity contribution is -0.137. The fourth-order valence-electron chi connectivity index (χ4n) is 3.60. The first-order valence-electron chi connectivity index (χ1n) is 10.5. The third kappa shape index (κ3) is 5.48. The van der Waals surface area contributed by atoms with Crippen LogP contribution in [0.1, 0.15) is 36.1 Å². The summed E-state index contributed by atoms with van der Waals surface area (Å²) >= 11 is 0. The summed E-state index contributed by atoms with van der Waals surface area (Å²) in [6.45, 7) is 1.39. The number of furan rings is 1. The quantitative estimate of drug-likeness (QED) is 0.553. The molecule has 31 heavy (non-hydrogen) atoms. The van der Waals surface area contributed by atoms with Crippen molar-refractivity contribution >= 4 is 17.5 Å². The molecular formula is C25H25N3O3. The van der Waals surface area contributed by atoms with Crippen LogP contribution in [-0.2, 0) is 22.7 Å². The maximum Gasteiger partial charge on any atom is 0.243 e. The molecule has 2 aromatic carbocycles. The fourth-order valence-corrected chi connectivity index (χ4v) is 3.60. The molecule has 1 aromatic heterocycles. The van der Waals surface area contributed by atoms with E-state index in [1.165, 1.54) is 5.01 Å². The Labute approximate surface area is 181 Å². The second-order valence-corrected chi connectivity index (χ2v) is 7.49. The maximum atomic E-state index is 13.0. The number of amides is 2. The average Bonchev–Trinajstić information content (AvgIpc) is 3.50. The fraction of sp³-hybridized carbons (Fsp3) is 0.240. The van der Waals surface area contributed by atoms with Crippen molar-refractivity contribution < 1.29 is 14.0 Å². The Morgan fingerprint density at radius 3 is 2.35 bits per heavy atom. The van der Waals surface area contributed by atoms with Gasteiger partial charge in [-0.15, -0.1) is 0 Å². The van der Waals surface area contributed by atoms with Gasteiger partial charge in [0.05, 0.1) is 25.1 Å². The van der Waals surface area contributed by atoms with Gasteiger partial charge in [-0.2, -0.15) is 5.10 Å². The van der Waals surface area contributed by atoms with Gasteiger partial charge >= 0.3 is 0 Å². The molecule has 0 saturated heterocycles. The van der Waals surface area contributed by atoms with E-state index in [-0.39, 0.29) is 24.7 Å². The number of carbonyl (C=O) groups is 2. The number of hydrogen-bond acceptors (Lipinski definition) is 4. The van der Waals surface area contributed by atoms with Crippen molar-refractivity contribution in [2.45, 2.75) is 32.4 Å². The van der Waals surface area contributed by atoms with Crippen LogP contribution in [0.15, 0.2) is 88.6 Å². The van der Waals surface area contributed by atoms with E-state index in [9.17, 15) is 9.59 Å². The van der Waals surface area contributed by atoms with Gasteiger partial charge in [0.1, 0.15) is 5.76 Å². The van der Waals surface area contributed by atoms with E-state index in [1.54, 1.807) is 17.2 Å². The largest absolute Gasteiger partial charge is 0.467 e. The zero-order valence-electron chi connectivity index (χ0n) is 17.3. The van der Waals surface area contributed by atoms with E-state index in [2.05, 4.69) is 5.10 Å². The molecular weight excluding hydrogens is 390 g/mol. The van der Waals surface area contributed by atoms with Gasteiger partial charge in [0.25, 0.3) is 0 Å². The summed E-state index contributed by atoms with van der Waals surface area (Å²) in [5, 5.41) is 5.96. The lowest BCUT2D eigenvalue weighted by Gasteiger charge is -2.22. The number of benzene rings is 2. The van der Waals surface area contributed by atoms with Crippen LogP contribution in [0, 0.1) is 0 Å². The molecule has 0 fully saturated rings. The van der Waals surface area contributed by atoms with Gasteiger partial charge in [0.15, 0.2) is 0 Å². The van der Waals surface area contributed by atoms with Crippen LogP contribution < -0.4 is 0 Å². The second kappa shape index (κ2) is 9.89. The van der Waals surface area contributed by atoms with Crippen molar-refractivity contribution in [1.29, 1.82) is 0 Å². The second-order valence-electron chi connectivity index (χ2n) is 7.49. The smallest absolute Gasteiger partial charge is 0.243 e. The molecule has 4 rings (SSSR count). The van der Waals surface area contributed by atoms with E-state index in [1.807, 2.05) is 66.7 Å². The highest BCUT2D eigenvalue weighted by molar-refractivity contribution is 6.02. The standard InChI is InChI=1S/C25H25N3O3/c29-24(27(19-22-12-7-17-31-22)18-20-8-3-1-4-9-20)13-14-25(30)28-16-15-23(26-28)21-10-5-2-6-11-21/h1-12,17H,13-16,18-19H2. The molecule has 0 bridgehead atoms. The van der Waals surface area contributed by atoms with Crippen LogP contribution in [0.5, 0.6) is 0 Å². The molecule has 1 aliphatic heterocycles. The van der Waals surface area contributed by atoms with Crippen molar-refractivity contribution in [3.05, 3.63) is 95.9 Å². The molecule has 0 atom stereocenters. The van der Waals surface area contributed by atoms with Crippen LogP contribution in [0.2, 0.25) is 0 Å². The van der Waals surface area contributed by atoms with Gasteiger partial charge in [-0.1, -0.05) is 60.7 Å². The summed E-state index contributed by atoms with van der Waals surface area (Å²) in [5.74, 6) is 0.504. The summed E-state index contributed by atoms with van der Waals surface area (Å²) in [6, 6.07) is 23.3. The lowest BCUT2D eigenvalue weighted by Crippen LogP contribution is -2.31. The average molecular weight is 415 g/mol. The van der Waals surface area contributed by atoms with Crippen LogP contribution in [-0.4, -0.2) is 34.0 Å². The highest BCUT2D eigenvalue weighted by Gasteiger charge is 2.23. The molecule has 2 heterocycles. The van der Waals surface area contributed by atoms with Crippen LogP contribution in [0.25, 0.3) is 0 Å². The van der Waals surface area contributed by atoms with Gasteiger partial charge in [0, 0.05) is 25.8 Å². The zero-order chi connectivity index (χ0) is 21.5. The molecule has 6 nitrogen and oxygen atoms in total. The molecule has 0 spiro atoms. The summed E-state index contributed by atoms with van der Waals surface area (Å²) in [5.41, 5.74) is 2.97. The van der Waals surface area contributed by atoms with E-state index < -0.39 is 0 Å². The van der Waals surface area contributed by atoms with Gasteiger partial charge in [-0.25, -0.2) is 5.01 Å². The van der Waals surface area contributed by atoms with Crippen molar-refractivity contribution in [3.63, 3.8) is 0 Å². The Morgan fingerprint density at radius 1 is 0.903 bits per heavy atom. The highest BCUT2D eigenvalue weighted by Crippen LogP contribution is 2.17. The van der Waals surface area contributed by atoms with Crippen molar-refractivity contribution in [2.24, 2.45) is 5.10 Å². The molecule has 0 aliphatic carbocycles. The minimum atomic E-state index is -0.128. The number of carbonyl (C=O) groups excluding carboxylic acids is 2. The summed E-state index contributed by atoms with van der Waals surface area (Å²) in [6.07, 6.45) is 2.59. The van der Waals surface area contributed by atoms with Crippen LogP contribution in [0.4, 0.5) is 0 Å². The molecule has 3 aromatic rings. The van der Waals surface area contributed by atoms with Crippen molar-refractivity contribution in [1.82, 2.24) is 9.91 Å². The Hall–Kier alpha value is -3.67. The molecule has 0 unspecified atom stereocenters. The Balaban J connectivity index is 1.36. The maximum absolute atomic E-state index is 13.0. The molecule has 0 N–H and O–H groups in total. The van der Waals surface area contributed by atoms with E-state index in [4.69, 9.17) is 4.42 Å². The topological polar surface area (TPSA) is 66.1 Å². The Kier molecular flexibility index (Phi) is 6.57. The minimum Gasteiger partial charge on any atom is -0.467 e. The van der Waals surface area contributed by atoms with Crippen LogP contribution >= 0.6 is 0 Å². The van der Waals surface area contributed by atoms with Gasteiger partial charge < -0.3 is 9.32 Å². The number of rotatable bonds is 8. The molecule has 6 heteroatoms. The monoisotopic (exact) mass is 415 g/mol. The van der Waals surface area contributed by atoms with Gasteiger partial charge in [0.2, 0.25) is 11.8 Å². The predicted octanol–water partition coefficient (Wildman–Crippen LogP) is 4.23. The minimum absolute atomic E-state index is 0.0833. The first-order valence-corrected chi connectivity index (χ1v) is 10.5. The number of hydrogen-bond donors (Lipinski definition) is 0. The number of nitrogens with zero attached hydrogens (tertiary/aromatic N) is 3. The van der Waals surface area contributed by atoms with Gasteiger partial charge in [-0.05, 0) is 23.3 Å². The summed E-state index contributed by atoms with van der Waals surface area (Å²) in [4.78, 5) is 27.3. The molecule has 0 saturated carbocycles. The lowest BCUT2D eigenvalue weighted by atomic mass is 10.1. The Bertz CT molecular complexity index is 1030. The summed E-state index contributed by atoms with van der Waals surface area (Å²) in [7, 11) is 0. The van der Waals surface area contributed by atoms with E-state index >= 15 is 0 Å². The Morgan fingerprint density at radius 2 is 1.65 bits per heavy atom. The van der Waals surface area contributed by atoms with Crippen molar-refractivity contribution in [3.8, 4) is 0 Å². The van der Waals surface area contributed by atoms with E-state index in [0.717, 1.165) is 23.3 Å². The van der Waals surface area contributed by atoms with Crippen molar-refractivity contribution in [2.75, 3.05) is 6.54 Å². The predicted molar refractivity (Wildman–Crippen MR) is 118 cm³/mol. The normalized spacial score (nSPS) is 13.2. The zero-order valence-corrected chi connectivity index (χ0v) is 17.3. The van der Waals surface area contributed by atoms with E-state index in [0.29, 0.717) is 25.4 Å². The highest BCUT2D eigenvalue weighted by atomic mass is 16.3. The third-order valence-electron chi connectivity index (χ3n) is 5.25. The third-order valence-corrected chi connectivity index (χ3v) is 5.25. The summed E-state index contributed by atoms with van der Waals surface area (Å²) < 4.78 is 5.43. The van der Waals surface area contributed by atoms with Crippen LogP contribution in [0.3, 0.4) is 0 Å².